The maximum atomic E-state index is 13.6. The van der Waals surface area contributed by atoms with Gasteiger partial charge in [-0.1, -0.05) is 25.0 Å². The molecule has 1 amide bonds. The summed E-state index contributed by atoms with van der Waals surface area (Å²) >= 11 is 0. The first-order chi connectivity index (χ1) is 11.1. The van der Waals surface area contributed by atoms with Gasteiger partial charge in [0.1, 0.15) is 5.82 Å². The second-order valence-corrected chi connectivity index (χ2v) is 7.16. The molecule has 1 heterocycles. The molecule has 4 heteroatoms. The van der Waals surface area contributed by atoms with E-state index in [9.17, 15) is 9.18 Å². The van der Waals surface area contributed by atoms with Crippen LogP contribution in [0.25, 0.3) is 0 Å². The Morgan fingerprint density at radius 1 is 1.30 bits per heavy atom. The number of carbonyl (C=O) groups excluding carboxylic acids is 1. The highest BCUT2D eigenvalue weighted by atomic mass is 19.1. The Balaban J connectivity index is 1.74. The van der Waals surface area contributed by atoms with Gasteiger partial charge in [-0.15, -0.1) is 0 Å². The summed E-state index contributed by atoms with van der Waals surface area (Å²) in [6.07, 6.45) is 6.41. The third kappa shape index (κ3) is 4.11. The highest BCUT2D eigenvalue weighted by Gasteiger charge is 2.31. The van der Waals surface area contributed by atoms with E-state index >= 15 is 0 Å². The molecule has 3 atom stereocenters. The van der Waals surface area contributed by atoms with Crippen molar-refractivity contribution >= 4 is 5.91 Å². The second kappa shape index (κ2) is 7.43. The molecule has 23 heavy (non-hydrogen) atoms. The van der Waals surface area contributed by atoms with Crippen LogP contribution in [-0.2, 0) is 4.79 Å². The fraction of sp³-hybridized carbons (Fsp3) is 0.632. The van der Waals surface area contributed by atoms with Crippen molar-refractivity contribution in [1.29, 1.82) is 0 Å². The zero-order valence-corrected chi connectivity index (χ0v) is 13.9. The van der Waals surface area contributed by atoms with Crippen molar-refractivity contribution in [3.05, 3.63) is 35.6 Å². The van der Waals surface area contributed by atoms with Crippen molar-refractivity contribution < 1.29 is 9.18 Å². The van der Waals surface area contributed by atoms with E-state index in [0.717, 1.165) is 37.8 Å². The number of benzene rings is 1. The smallest absolute Gasteiger partial charge is 0.223 e. The molecule has 1 unspecified atom stereocenters. The quantitative estimate of drug-likeness (QED) is 0.891. The second-order valence-electron chi connectivity index (χ2n) is 7.16. The van der Waals surface area contributed by atoms with Gasteiger partial charge in [-0.2, -0.15) is 0 Å². The van der Waals surface area contributed by atoms with E-state index in [0.29, 0.717) is 12.0 Å². The van der Waals surface area contributed by atoms with Gasteiger partial charge in [-0.3, -0.25) is 4.79 Å². The Morgan fingerprint density at radius 3 is 2.78 bits per heavy atom. The van der Waals surface area contributed by atoms with Crippen molar-refractivity contribution in [2.75, 3.05) is 6.54 Å². The molecule has 2 aliphatic rings. The molecule has 1 saturated heterocycles. The lowest BCUT2D eigenvalue weighted by Gasteiger charge is -2.31. The zero-order valence-electron chi connectivity index (χ0n) is 13.9. The van der Waals surface area contributed by atoms with Gasteiger partial charge in [-0.05, 0) is 62.8 Å². The number of hydrogen-bond donors (Lipinski definition) is 2. The summed E-state index contributed by atoms with van der Waals surface area (Å²) in [5.41, 5.74) is 0.909. The van der Waals surface area contributed by atoms with E-state index in [1.54, 1.807) is 12.1 Å². The summed E-state index contributed by atoms with van der Waals surface area (Å²) in [7, 11) is 0. The number of hydrogen-bond acceptors (Lipinski definition) is 2. The zero-order chi connectivity index (χ0) is 16.2. The number of rotatable bonds is 4. The van der Waals surface area contributed by atoms with Crippen LogP contribution < -0.4 is 10.6 Å². The fourth-order valence-electron chi connectivity index (χ4n) is 4.11. The Bertz CT molecular complexity index is 542. The number of halogens is 1. The largest absolute Gasteiger partial charge is 0.349 e. The van der Waals surface area contributed by atoms with Crippen molar-refractivity contribution in [2.45, 2.75) is 57.5 Å². The van der Waals surface area contributed by atoms with Crippen LogP contribution in [-0.4, -0.2) is 18.5 Å². The number of nitrogens with one attached hydrogen (secondary N) is 2. The Hall–Kier alpha value is -1.42. The molecule has 0 spiro atoms. The van der Waals surface area contributed by atoms with Gasteiger partial charge in [0, 0.05) is 12.0 Å². The topological polar surface area (TPSA) is 41.1 Å². The van der Waals surface area contributed by atoms with Gasteiger partial charge < -0.3 is 10.6 Å². The minimum Gasteiger partial charge on any atom is -0.349 e. The van der Waals surface area contributed by atoms with Crippen LogP contribution >= 0.6 is 0 Å². The lowest BCUT2D eigenvalue weighted by molar-refractivity contribution is -0.127. The van der Waals surface area contributed by atoms with E-state index in [-0.39, 0.29) is 23.7 Å². The Morgan fingerprint density at radius 2 is 2.09 bits per heavy atom. The number of piperidine rings is 1. The summed E-state index contributed by atoms with van der Waals surface area (Å²) in [4.78, 5) is 12.7. The standard InChI is InChI=1S/C19H27FN2O/c1-13-11-16(9-10-21-13)19(23)22-18(14-5-2-3-6-14)15-7-4-8-17(20)12-15/h4,7-8,12-14,16,18,21H,2-3,5-6,9-11H2,1H3,(H,22,23)/t13-,16-,18?/m0/s1. The highest BCUT2D eigenvalue weighted by Crippen LogP contribution is 2.36. The Kier molecular flexibility index (Phi) is 5.31. The molecule has 1 aromatic carbocycles. The van der Waals surface area contributed by atoms with Crippen LogP contribution in [0.15, 0.2) is 24.3 Å². The van der Waals surface area contributed by atoms with Crippen molar-refractivity contribution in [2.24, 2.45) is 11.8 Å². The van der Waals surface area contributed by atoms with Crippen LogP contribution in [0.3, 0.4) is 0 Å². The summed E-state index contributed by atoms with van der Waals surface area (Å²) < 4.78 is 13.6. The first-order valence-corrected chi connectivity index (χ1v) is 8.92. The van der Waals surface area contributed by atoms with Gasteiger partial charge in [0.05, 0.1) is 6.04 Å². The molecule has 2 N–H and O–H groups in total. The average molecular weight is 318 g/mol. The molecule has 3 rings (SSSR count). The molecule has 0 radical (unpaired) electrons. The van der Waals surface area contributed by atoms with Gasteiger partial charge >= 0.3 is 0 Å². The lowest BCUT2D eigenvalue weighted by atomic mass is 9.88. The SMILES string of the molecule is C[C@H]1C[C@@H](C(=O)NC(c2cccc(F)c2)C2CCCC2)CCN1. The van der Waals surface area contributed by atoms with Crippen LogP contribution in [0.5, 0.6) is 0 Å². The molecule has 1 aliphatic carbocycles. The van der Waals surface area contributed by atoms with Gasteiger partial charge in [0.15, 0.2) is 0 Å². The van der Waals surface area contributed by atoms with E-state index in [4.69, 9.17) is 0 Å². The van der Waals surface area contributed by atoms with Crippen LogP contribution in [0, 0.1) is 17.7 Å². The van der Waals surface area contributed by atoms with Gasteiger partial charge in [0.2, 0.25) is 5.91 Å². The first-order valence-electron chi connectivity index (χ1n) is 8.92. The maximum Gasteiger partial charge on any atom is 0.223 e. The van der Waals surface area contributed by atoms with Crippen molar-refractivity contribution in [3.63, 3.8) is 0 Å². The highest BCUT2D eigenvalue weighted by molar-refractivity contribution is 5.79. The maximum absolute atomic E-state index is 13.6. The van der Waals surface area contributed by atoms with Crippen molar-refractivity contribution in [3.8, 4) is 0 Å². The van der Waals surface area contributed by atoms with Gasteiger partial charge in [0.25, 0.3) is 0 Å². The first kappa shape index (κ1) is 16.4. The summed E-state index contributed by atoms with van der Waals surface area (Å²) in [6, 6.07) is 7.06. The fourth-order valence-corrected chi connectivity index (χ4v) is 4.11. The summed E-state index contributed by atoms with van der Waals surface area (Å²) in [5.74, 6) is 0.415. The molecular formula is C19H27FN2O. The van der Waals surface area contributed by atoms with Crippen LogP contribution in [0.1, 0.15) is 57.1 Å². The van der Waals surface area contributed by atoms with E-state index in [1.807, 2.05) is 6.07 Å². The summed E-state index contributed by atoms with van der Waals surface area (Å²) in [5, 5.41) is 6.64. The normalized spacial score (nSPS) is 26.9. The predicted octanol–water partition coefficient (Wildman–Crippen LogP) is 3.56. The predicted molar refractivity (Wildman–Crippen MR) is 89.4 cm³/mol. The molecule has 2 fully saturated rings. The molecule has 1 aliphatic heterocycles. The molecular weight excluding hydrogens is 291 g/mol. The molecule has 1 saturated carbocycles. The average Bonchev–Trinajstić information content (AvgIpc) is 3.06. The third-order valence-corrected chi connectivity index (χ3v) is 5.37. The number of amides is 1. The molecule has 1 aromatic rings. The van der Waals surface area contributed by atoms with Crippen molar-refractivity contribution in [1.82, 2.24) is 10.6 Å². The lowest BCUT2D eigenvalue weighted by Crippen LogP contribution is -2.44. The minimum absolute atomic E-state index is 0.0501. The molecule has 0 bridgehead atoms. The molecule has 3 nitrogen and oxygen atoms in total. The minimum atomic E-state index is -0.227. The number of carbonyl (C=O) groups is 1. The van der Waals surface area contributed by atoms with E-state index in [2.05, 4.69) is 17.6 Å². The van der Waals surface area contributed by atoms with E-state index < -0.39 is 0 Å². The molecule has 126 valence electrons. The monoisotopic (exact) mass is 318 g/mol. The summed E-state index contributed by atoms with van der Waals surface area (Å²) in [6.45, 7) is 3.02. The Labute approximate surface area is 138 Å². The molecule has 0 aromatic heterocycles. The third-order valence-electron chi connectivity index (χ3n) is 5.37. The van der Waals surface area contributed by atoms with Crippen LogP contribution in [0.4, 0.5) is 4.39 Å². The van der Waals surface area contributed by atoms with Gasteiger partial charge in [-0.25, -0.2) is 4.39 Å². The van der Waals surface area contributed by atoms with Crippen LogP contribution in [0.2, 0.25) is 0 Å². The van der Waals surface area contributed by atoms with E-state index in [1.165, 1.54) is 18.9 Å².